The van der Waals surface area contributed by atoms with Gasteiger partial charge >= 0.3 is 11.9 Å². The first-order chi connectivity index (χ1) is 5.04. The molecule has 0 atom stereocenters. The molecule has 0 rings (SSSR count). The van der Waals surface area contributed by atoms with Crippen molar-refractivity contribution in [3.63, 3.8) is 0 Å². The molecular weight excluding hydrogens is 152 g/mol. The van der Waals surface area contributed by atoms with Gasteiger partial charge in [0.15, 0.2) is 0 Å². The highest BCUT2D eigenvalue weighted by Gasteiger charge is 2.01. The highest BCUT2D eigenvalue weighted by atomic mass is 16.5. The summed E-state index contributed by atoms with van der Waals surface area (Å²) >= 11 is 0. The molecule has 5 heteroatoms. The molecule has 0 saturated carbocycles. The standard InChI is InChI=1S/C6H6O5/c1-4(6(9)10)11-3-2-5(7)8/h2-3H,1H2,(H,7,8)(H,9,10). The molecule has 0 aromatic rings. The Bertz CT molecular complexity index is 215. The number of carboxylic acid groups (broad SMARTS) is 2. The molecule has 0 amide bonds. The van der Waals surface area contributed by atoms with Crippen molar-refractivity contribution in [2.24, 2.45) is 0 Å². The topological polar surface area (TPSA) is 83.8 Å². The lowest BCUT2D eigenvalue weighted by atomic mass is 10.6. The van der Waals surface area contributed by atoms with Crippen LogP contribution in [0.1, 0.15) is 0 Å². The van der Waals surface area contributed by atoms with Crippen LogP contribution >= 0.6 is 0 Å². The molecule has 0 heterocycles. The zero-order valence-electron chi connectivity index (χ0n) is 5.48. The van der Waals surface area contributed by atoms with Crippen LogP contribution in [-0.2, 0) is 14.3 Å². The van der Waals surface area contributed by atoms with Crippen molar-refractivity contribution in [3.8, 4) is 0 Å². The van der Waals surface area contributed by atoms with E-state index in [1.807, 2.05) is 0 Å². The minimum absolute atomic E-state index is 0.525. The lowest BCUT2D eigenvalue weighted by Crippen LogP contribution is -2.00. The van der Waals surface area contributed by atoms with E-state index in [-0.39, 0.29) is 0 Å². The van der Waals surface area contributed by atoms with E-state index in [9.17, 15) is 9.59 Å². The fraction of sp³-hybridized carbons (Fsp3) is 0. The Morgan fingerprint density at radius 3 is 2.27 bits per heavy atom. The summed E-state index contributed by atoms with van der Waals surface area (Å²) in [6, 6.07) is 0. The van der Waals surface area contributed by atoms with Crippen molar-refractivity contribution in [1.82, 2.24) is 0 Å². The highest BCUT2D eigenvalue weighted by molar-refractivity contribution is 5.84. The Labute approximate surface area is 62.2 Å². The van der Waals surface area contributed by atoms with Crippen molar-refractivity contribution in [2.75, 3.05) is 0 Å². The molecule has 0 saturated heterocycles. The molecule has 0 aromatic carbocycles. The smallest absolute Gasteiger partial charge is 0.371 e. The van der Waals surface area contributed by atoms with E-state index in [4.69, 9.17) is 10.2 Å². The molecule has 0 aliphatic heterocycles. The zero-order chi connectivity index (χ0) is 8.85. The second kappa shape index (κ2) is 4.10. The number of carbonyl (C=O) groups is 2. The number of hydrogen-bond donors (Lipinski definition) is 2. The van der Waals surface area contributed by atoms with Gasteiger partial charge in [-0.3, -0.25) is 0 Å². The van der Waals surface area contributed by atoms with Crippen LogP contribution in [0.3, 0.4) is 0 Å². The van der Waals surface area contributed by atoms with Gasteiger partial charge in [-0.2, -0.15) is 0 Å². The van der Waals surface area contributed by atoms with Gasteiger partial charge in [-0.15, -0.1) is 0 Å². The van der Waals surface area contributed by atoms with E-state index < -0.39 is 17.7 Å². The minimum Gasteiger partial charge on any atom is -0.478 e. The lowest BCUT2D eigenvalue weighted by Gasteiger charge is -1.94. The monoisotopic (exact) mass is 158 g/mol. The first kappa shape index (κ1) is 9.22. The summed E-state index contributed by atoms with van der Waals surface area (Å²) in [7, 11) is 0. The fourth-order valence-corrected chi connectivity index (χ4v) is 0.225. The van der Waals surface area contributed by atoms with Gasteiger partial charge in [0.05, 0.1) is 12.3 Å². The maximum absolute atomic E-state index is 9.97. The molecule has 0 aliphatic rings. The van der Waals surface area contributed by atoms with Crippen molar-refractivity contribution in [3.05, 3.63) is 24.7 Å². The number of ether oxygens (including phenoxy) is 1. The average molecular weight is 158 g/mol. The van der Waals surface area contributed by atoms with Crippen LogP contribution in [0.5, 0.6) is 0 Å². The molecule has 0 radical (unpaired) electrons. The average Bonchev–Trinajstić information content (AvgIpc) is 1.86. The second-order valence-electron chi connectivity index (χ2n) is 1.49. The summed E-state index contributed by atoms with van der Waals surface area (Å²) in [5.41, 5.74) is 0. The van der Waals surface area contributed by atoms with Gasteiger partial charge in [0.25, 0.3) is 0 Å². The molecule has 0 aromatic heterocycles. The van der Waals surface area contributed by atoms with E-state index in [1.165, 1.54) is 0 Å². The molecule has 0 fully saturated rings. The first-order valence-corrected chi connectivity index (χ1v) is 2.52. The van der Waals surface area contributed by atoms with Crippen LogP contribution < -0.4 is 0 Å². The number of rotatable bonds is 4. The third-order valence-corrected chi connectivity index (χ3v) is 0.659. The van der Waals surface area contributed by atoms with E-state index in [0.29, 0.717) is 6.08 Å². The fourth-order valence-electron chi connectivity index (χ4n) is 0.225. The van der Waals surface area contributed by atoms with Crippen LogP contribution in [0.15, 0.2) is 24.7 Å². The lowest BCUT2D eigenvalue weighted by molar-refractivity contribution is -0.136. The summed E-state index contributed by atoms with van der Waals surface area (Å²) in [5, 5.41) is 16.2. The highest BCUT2D eigenvalue weighted by Crippen LogP contribution is 1.92. The number of hydrogen-bond acceptors (Lipinski definition) is 3. The molecule has 0 aliphatic carbocycles. The van der Waals surface area contributed by atoms with Crippen LogP contribution in [-0.4, -0.2) is 22.2 Å². The summed E-state index contributed by atoms with van der Waals surface area (Å²) in [6.07, 6.45) is 1.40. The molecule has 5 nitrogen and oxygen atoms in total. The second-order valence-corrected chi connectivity index (χ2v) is 1.49. The predicted molar refractivity (Wildman–Crippen MR) is 34.6 cm³/mol. The first-order valence-electron chi connectivity index (χ1n) is 2.52. The van der Waals surface area contributed by atoms with Gasteiger partial charge in [0.2, 0.25) is 5.76 Å². The van der Waals surface area contributed by atoms with Crippen molar-refractivity contribution < 1.29 is 24.5 Å². The maximum Gasteiger partial charge on any atom is 0.371 e. The summed E-state index contributed by atoms with van der Waals surface area (Å²) < 4.78 is 4.26. The predicted octanol–water partition coefficient (Wildman–Crippen LogP) is 0.200. The van der Waals surface area contributed by atoms with Gasteiger partial charge in [-0.25, -0.2) is 9.59 Å². The van der Waals surface area contributed by atoms with E-state index >= 15 is 0 Å². The third-order valence-electron chi connectivity index (χ3n) is 0.659. The van der Waals surface area contributed by atoms with Gasteiger partial charge < -0.3 is 14.9 Å². The molecule has 0 unspecified atom stereocenters. The largest absolute Gasteiger partial charge is 0.478 e. The normalized spacial score (nSPS) is 9.45. The Morgan fingerprint density at radius 1 is 1.36 bits per heavy atom. The molecule has 60 valence electrons. The molecule has 11 heavy (non-hydrogen) atoms. The minimum atomic E-state index is -1.33. The Kier molecular flexibility index (Phi) is 3.44. The molecule has 2 N–H and O–H groups in total. The van der Waals surface area contributed by atoms with Crippen molar-refractivity contribution in [1.29, 1.82) is 0 Å². The molecular formula is C6H6O5. The van der Waals surface area contributed by atoms with Gasteiger partial charge in [-0.05, 0) is 6.58 Å². The van der Waals surface area contributed by atoms with Gasteiger partial charge in [-0.1, -0.05) is 0 Å². The Morgan fingerprint density at radius 2 is 1.91 bits per heavy atom. The number of carboxylic acids is 2. The third kappa shape index (κ3) is 4.71. The molecule has 0 bridgehead atoms. The Hall–Kier alpha value is -1.78. The quantitative estimate of drug-likeness (QED) is 0.451. The van der Waals surface area contributed by atoms with Crippen LogP contribution in [0.4, 0.5) is 0 Å². The summed E-state index contributed by atoms with van der Waals surface area (Å²) in [4.78, 5) is 19.8. The zero-order valence-corrected chi connectivity index (χ0v) is 5.48. The van der Waals surface area contributed by atoms with Crippen LogP contribution in [0, 0.1) is 0 Å². The van der Waals surface area contributed by atoms with Gasteiger partial charge in [0.1, 0.15) is 0 Å². The van der Waals surface area contributed by atoms with E-state index in [2.05, 4.69) is 11.3 Å². The van der Waals surface area contributed by atoms with E-state index in [1.54, 1.807) is 0 Å². The van der Waals surface area contributed by atoms with Gasteiger partial charge in [0, 0.05) is 0 Å². The van der Waals surface area contributed by atoms with Crippen LogP contribution in [0.2, 0.25) is 0 Å². The Balaban J connectivity index is 3.80. The van der Waals surface area contributed by atoms with Crippen molar-refractivity contribution >= 4 is 11.9 Å². The van der Waals surface area contributed by atoms with Crippen molar-refractivity contribution in [2.45, 2.75) is 0 Å². The molecule has 0 spiro atoms. The van der Waals surface area contributed by atoms with E-state index in [0.717, 1.165) is 6.26 Å². The van der Waals surface area contributed by atoms with Crippen LogP contribution in [0.25, 0.3) is 0 Å². The maximum atomic E-state index is 9.97. The SMILES string of the molecule is C=C(OC=CC(=O)O)C(=O)O. The number of aliphatic carboxylic acids is 2. The summed E-state index contributed by atoms with van der Waals surface area (Å²) in [5.74, 6) is -3.08. The summed E-state index contributed by atoms with van der Waals surface area (Å²) in [6.45, 7) is 2.99.